The van der Waals surface area contributed by atoms with Gasteiger partial charge < -0.3 is 5.32 Å². The van der Waals surface area contributed by atoms with E-state index in [1.165, 1.54) is 16.9 Å². The van der Waals surface area contributed by atoms with Gasteiger partial charge in [0.1, 0.15) is 5.02 Å². The second-order valence-corrected chi connectivity index (χ2v) is 7.03. The third-order valence-corrected chi connectivity index (χ3v) is 4.75. The molecule has 0 fully saturated rings. The van der Waals surface area contributed by atoms with Gasteiger partial charge in [0.15, 0.2) is 5.82 Å². The van der Waals surface area contributed by atoms with Crippen LogP contribution < -0.4 is 5.32 Å². The Hall–Kier alpha value is -2.22. The third-order valence-electron chi connectivity index (χ3n) is 3.73. The van der Waals surface area contributed by atoms with E-state index in [9.17, 15) is 18.0 Å². The molecule has 0 radical (unpaired) electrons. The van der Waals surface area contributed by atoms with Gasteiger partial charge in [-0.15, -0.1) is 0 Å². The van der Waals surface area contributed by atoms with E-state index in [0.717, 1.165) is 23.8 Å². The molecule has 0 bridgehead atoms. The van der Waals surface area contributed by atoms with Crippen LogP contribution in [0.4, 0.5) is 19.0 Å². The van der Waals surface area contributed by atoms with E-state index in [2.05, 4.69) is 10.4 Å². The van der Waals surface area contributed by atoms with Crippen LogP contribution in [0.25, 0.3) is 0 Å². The van der Waals surface area contributed by atoms with Gasteiger partial charge in [-0.3, -0.25) is 9.48 Å². The summed E-state index contributed by atoms with van der Waals surface area (Å²) >= 11 is 17.9. The number of amides is 1. The zero-order valence-electron chi connectivity index (χ0n) is 13.9. The van der Waals surface area contributed by atoms with Crippen LogP contribution in [0.1, 0.15) is 21.5 Å². The number of benzene rings is 2. The van der Waals surface area contributed by atoms with E-state index in [4.69, 9.17) is 34.8 Å². The number of aromatic nitrogens is 2. The monoisotopic (exact) mass is 447 g/mol. The zero-order chi connectivity index (χ0) is 20.5. The molecule has 0 aliphatic rings. The maximum Gasteiger partial charge on any atom is 0.416 e. The number of carbonyl (C=O) groups excluding carboxylic acids is 1. The lowest BCUT2D eigenvalue weighted by atomic mass is 10.1. The summed E-state index contributed by atoms with van der Waals surface area (Å²) in [7, 11) is 0. The van der Waals surface area contributed by atoms with Crippen LogP contribution in [0.3, 0.4) is 0 Å². The Morgan fingerprint density at radius 1 is 1.04 bits per heavy atom. The van der Waals surface area contributed by atoms with E-state index in [1.54, 1.807) is 18.2 Å². The molecule has 0 spiro atoms. The Morgan fingerprint density at radius 3 is 2.46 bits per heavy atom. The van der Waals surface area contributed by atoms with Crippen LogP contribution in [-0.2, 0) is 12.7 Å². The van der Waals surface area contributed by atoms with E-state index < -0.39 is 17.6 Å². The molecule has 1 aromatic heterocycles. The second kappa shape index (κ2) is 8.03. The van der Waals surface area contributed by atoms with Gasteiger partial charge in [-0.25, -0.2) is 0 Å². The summed E-state index contributed by atoms with van der Waals surface area (Å²) in [6.07, 6.45) is -3.07. The average molecular weight is 449 g/mol. The molecule has 3 rings (SSSR count). The van der Waals surface area contributed by atoms with E-state index in [0.29, 0.717) is 16.6 Å². The lowest BCUT2D eigenvalue weighted by molar-refractivity contribution is -0.137. The first-order valence-electron chi connectivity index (χ1n) is 7.79. The van der Waals surface area contributed by atoms with Gasteiger partial charge in [-0.1, -0.05) is 46.9 Å². The maximum absolute atomic E-state index is 12.8. The zero-order valence-corrected chi connectivity index (χ0v) is 16.2. The van der Waals surface area contributed by atoms with Gasteiger partial charge >= 0.3 is 6.18 Å². The van der Waals surface area contributed by atoms with Gasteiger partial charge in [-0.05, 0) is 35.9 Å². The van der Waals surface area contributed by atoms with Gasteiger partial charge in [0.25, 0.3) is 5.91 Å². The lowest BCUT2D eigenvalue weighted by Crippen LogP contribution is -2.15. The Balaban J connectivity index is 1.76. The normalized spacial score (nSPS) is 11.5. The van der Waals surface area contributed by atoms with Crippen molar-refractivity contribution < 1.29 is 18.0 Å². The molecule has 1 N–H and O–H groups in total. The molecular formula is C18H11Cl3F3N3O. The van der Waals surface area contributed by atoms with Crippen LogP contribution in [0.15, 0.2) is 48.7 Å². The van der Waals surface area contributed by atoms with Crippen molar-refractivity contribution >= 4 is 46.5 Å². The first-order chi connectivity index (χ1) is 13.1. The van der Waals surface area contributed by atoms with Gasteiger partial charge in [0, 0.05) is 11.8 Å². The molecule has 28 heavy (non-hydrogen) atoms. The molecule has 10 heteroatoms. The van der Waals surface area contributed by atoms with Gasteiger partial charge in [0.05, 0.1) is 22.2 Å². The van der Waals surface area contributed by atoms with Crippen LogP contribution in [0.2, 0.25) is 15.1 Å². The van der Waals surface area contributed by atoms with Crippen LogP contribution >= 0.6 is 34.8 Å². The summed E-state index contributed by atoms with van der Waals surface area (Å²) in [6.45, 7) is 0.302. The summed E-state index contributed by atoms with van der Waals surface area (Å²) in [5.74, 6) is -0.725. The Bertz CT molecular complexity index is 1030. The molecule has 0 unspecified atom stereocenters. The molecular weight excluding hydrogens is 438 g/mol. The summed E-state index contributed by atoms with van der Waals surface area (Å²) in [5.41, 5.74) is -0.286. The van der Waals surface area contributed by atoms with Gasteiger partial charge in [0.2, 0.25) is 0 Å². The lowest BCUT2D eigenvalue weighted by Gasteiger charge is -2.08. The molecule has 0 saturated heterocycles. The molecule has 2 aromatic carbocycles. The highest BCUT2D eigenvalue weighted by atomic mass is 35.5. The van der Waals surface area contributed by atoms with Crippen molar-refractivity contribution in [2.75, 3.05) is 5.32 Å². The summed E-state index contributed by atoms with van der Waals surface area (Å²) in [5, 5.41) is 7.50. The van der Waals surface area contributed by atoms with Crippen molar-refractivity contribution in [1.29, 1.82) is 0 Å². The maximum atomic E-state index is 12.8. The fourth-order valence-electron chi connectivity index (χ4n) is 2.40. The Morgan fingerprint density at radius 2 is 1.79 bits per heavy atom. The van der Waals surface area contributed by atoms with Crippen molar-refractivity contribution in [3.8, 4) is 0 Å². The molecule has 0 aliphatic carbocycles. The minimum atomic E-state index is -4.55. The van der Waals surface area contributed by atoms with Crippen molar-refractivity contribution in [3.63, 3.8) is 0 Å². The fourth-order valence-corrected chi connectivity index (χ4v) is 2.92. The van der Waals surface area contributed by atoms with E-state index in [-0.39, 0.29) is 16.4 Å². The predicted octanol–water partition coefficient (Wildman–Crippen LogP) is 6.16. The number of alkyl halides is 3. The predicted molar refractivity (Wildman–Crippen MR) is 102 cm³/mol. The van der Waals surface area contributed by atoms with Crippen molar-refractivity contribution in [3.05, 3.63) is 80.4 Å². The smallest absolute Gasteiger partial charge is 0.304 e. The second-order valence-electron chi connectivity index (χ2n) is 5.80. The van der Waals surface area contributed by atoms with Gasteiger partial charge in [-0.2, -0.15) is 18.3 Å². The van der Waals surface area contributed by atoms with Crippen LogP contribution in [0, 0.1) is 0 Å². The van der Waals surface area contributed by atoms with E-state index >= 15 is 0 Å². The number of nitrogens with zero attached hydrogens (tertiary/aromatic N) is 2. The first kappa shape index (κ1) is 20.5. The molecule has 3 aromatic rings. The van der Waals surface area contributed by atoms with Crippen LogP contribution in [-0.4, -0.2) is 15.7 Å². The molecule has 0 atom stereocenters. The number of carbonyl (C=O) groups is 1. The third kappa shape index (κ3) is 4.79. The number of rotatable bonds is 4. The molecule has 0 saturated carbocycles. The molecule has 146 valence electrons. The fraction of sp³-hybridized carbons (Fsp3) is 0.111. The SMILES string of the molecule is O=C(Nc1nn(Cc2ccc(Cl)c(Cl)c2)cc1Cl)c1cccc(C(F)(F)F)c1. The summed E-state index contributed by atoms with van der Waals surface area (Å²) < 4.78 is 39.9. The van der Waals surface area contributed by atoms with E-state index in [1.807, 2.05) is 0 Å². The number of nitrogens with one attached hydrogen (secondary N) is 1. The number of halogens is 6. The summed E-state index contributed by atoms with van der Waals surface area (Å²) in [6, 6.07) is 9.13. The summed E-state index contributed by atoms with van der Waals surface area (Å²) in [4.78, 5) is 12.3. The average Bonchev–Trinajstić information content (AvgIpc) is 2.96. The first-order valence-corrected chi connectivity index (χ1v) is 8.92. The Kier molecular flexibility index (Phi) is 5.88. The van der Waals surface area contributed by atoms with Crippen LogP contribution in [0.5, 0.6) is 0 Å². The Labute approximate surface area is 172 Å². The standard InChI is InChI=1S/C18H11Cl3F3N3O/c19-13-5-4-10(6-14(13)20)8-27-9-15(21)16(26-27)25-17(28)11-2-1-3-12(7-11)18(22,23)24/h1-7,9H,8H2,(H,25,26,28). The largest absolute Gasteiger partial charge is 0.416 e. The van der Waals surface area contributed by atoms with Crippen molar-refractivity contribution in [2.45, 2.75) is 12.7 Å². The quantitative estimate of drug-likeness (QED) is 0.519. The highest BCUT2D eigenvalue weighted by molar-refractivity contribution is 6.42. The highest BCUT2D eigenvalue weighted by Gasteiger charge is 2.31. The molecule has 1 amide bonds. The highest BCUT2D eigenvalue weighted by Crippen LogP contribution is 2.30. The molecule has 4 nitrogen and oxygen atoms in total. The number of hydrogen-bond donors (Lipinski definition) is 1. The topological polar surface area (TPSA) is 46.9 Å². The van der Waals surface area contributed by atoms with Crippen molar-refractivity contribution in [2.24, 2.45) is 0 Å². The minimum absolute atomic E-state index is 0.0316. The number of hydrogen-bond acceptors (Lipinski definition) is 2. The molecule has 0 aliphatic heterocycles. The number of anilines is 1. The minimum Gasteiger partial charge on any atom is -0.304 e. The van der Waals surface area contributed by atoms with Crippen molar-refractivity contribution in [1.82, 2.24) is 9.78 Å². The molecule has 1 heterocycles.